The summed E-state index contributed by atoms with van der Waals surface area (Å²) in [6, 6.07) is 16.9. The zero-order chi connectivity index (χ0) is 21.3. The molecule has 1 fully saturated rings. The lowest BCUT2D eigenvalue weighted by Crippen LogP contribution is -2.26. The largest absolute Gasteiger partial charge is 0.456 e. The van der Waals surface area contributed by atoms with Crippen molar-refractivity contribution in [2.24, 2.45) is 0 Å². The van der Waals surface area contributed by atoms with Crippen molar-refractivity contribution in [3.63, 3.8) is 0 Å². The Morgan fingerprint density at radius 2 is 1.87 bits per heavy atom. The number of furan rings is 1. The zero-order valence-electron chi connectivity index (χ0n) is 15.3. The van der Waals surface area contributed by atoms with Gasteiger partial charge in [0.1, 0.15) is 16.5 Å². The summed E-state index contributed by atoms with van der Waals surface area (Å²) in [5, 5.41) is 11.7. The molecule has 0 saturated carbocycles. The number of thiocarbonyl (C=S) groups is 1. The van der Waals surface area contributed by atoms with Crippen molar-refractivity contribution in [1.29, 1.82) is 0 Å². The molecule has 6 nitrogen and oxygen atoms in total. The predicted octanol–water partition coefficient (Wildman–Crippen LogP) is 6.55. The maximum atomic E-state index is 12.4. The maximum Gasteiger partial charge on any atom is 0.291 e. The van der Waals surface area contributed by atoms with Crippen LogP contribution in [0, 0.1) is 10.1 Å². The summed E-state index contributed by atoms with van der Waals surface area (Å²) < 4.78 is 5.77. The van der Waals surface area contributed by atoms with Crippen LogP contribution < -0.4 is 0 Å². The van der Waals surface area contributed by atoms with E-state index in [1.807, 2.05) is 12.1 Å². The molecule has 0 N–H and O–H groups in total. The highest BCUT2D eigenvalue weighted by Gasteiger charge is 2.32. The molecule has 1 aliphatic rings. The summed E-state index contributed by atoms with van der Waals surface area (Å²) in [5.74, 6) is 0.821. The lowest BCUT2D eigenvalue weighted by Gasteiger charge is -2.14. The first-order valence-corrected chi connectivity index (χ1v) is 10.4. The minimum atomic E-state index is -0.453. The summed E-state index contributed by atoms with van der Waals surface area (Å²) in [5.41, 5.74) is 1.25. The van der Waals surface area contributed by atoms with E-state index < -0.39 is 4.92 Å². The smallest absolute Gasteiger partial charge is 0.291 e. The molecule has 0 aliphatic carbocycles. The molecular weight excluding hydrogens is 444 g/mol. The summed E-state index contributed by atoms with van der Waals surface area (Å²) in [6.07, 6.45) is 1.67. The SMILES string of the molecule is O=C1SC(=Cc2ccc(-c3ccccc3[N+](=O)[O-])o2)C(=S)N1Cc1ccc(Cl)cc1. The van der Waals surface area contributed by atoms with Gasteiger partial charge >= 0.3 is 0 Å². The fourth-order valence-electron chi connectivity index (χ4n) is 2.95. The number of nitro benzene ring substituents is 1. The Labute approximate surface area is 186 Å². The van der Waals surface area contributed by atoms with Crippen LogP contribution in [-0.2, 0) is 6.54 Å². The van der Waals surface area contributed by atoms with E-state index >= 15 is 0 Å². The Kier molecular flexibility index (Phi) is 5.72. The second-order valence-electron chi connectivity index (χ2n) is 6.37. The lowest BCUT2D eigenvalue weighted by molar-refractivity contribution is -0.384. The highest BCUT2D eigenvalue weighted by molar-refractivity contribution is 8.19. The molecule has 1 aromatic heterocycles. The molecule has 0 radical (unpaired) electrons. The molecule has 150 valence electrons. The van der Waals surface area contributed by atoms with Gasteiger partial charge in [-0.05, 0) is 53.7 Å². The molecule has 1 aliphatic heterocycles. The lowest BCUT2D eigenvalue weighted by atomic mass is 10.1. The van der Waals surface area contributed by atoms with Crippen LogP contribution >= 0.6 is 35.6 Å². The second-order valence-corrected chi connectivity index (χ2v) is 8.19. The van der Waals surface area contributed by atoms with Gasteiger partial charge in [-0.25, -0.2) is 0 Å². The molecule has 3 aromatic rings. The van der Waals surface area contributed by atoms with E-state index in [1.165, 1.54) is 11.0 Å². The van der Waals surface area contributed by atoms with E-state index in [-0.39, 0.29) is 10.9 Å². The Bertz CT molecular complexity index is 1190. The summed E-state index contributed by atoms with van der Waals surface area (Å²) in [6.45, 7) is 0.346. The molecule has 1 saturated heterocycles. The number of benzene rings is 2. The highest BCUT2D eigenvalue weighted by Crippen LogP contribution is 2.36. The number of rotatable bonds is 5. The van der Waals surface area contributed by atoms with E-state index in [9.17, 15) is 14.9 Å². The molecule has 4 rings (SSSR count). The summed E-state index contributed by atoms with van der Waals surface area (Å²) in [4.78, 5) is 25.7. The second kappa shape index (κ2) is 8.43. The van der Waals surface area contributed by atoms with Crippen LogP contribution in [0.2, 0.25) is 5.02 Å². The molecule has 2 heterocycles. The maximum absolute atomic E-state index is 12.4. The van der Waals surface area contributed by atoms with Gasteiger partial charge in [-0.2, -0.15) is 0 Å². The van der Waals surface area contributed by atoms with E-state index in [2.05, 4.69) is 0 Å². The molecule has 0 spiro atoms. The number of hydrogen-bond donors (Lipinski definition) is 0. The van der Waals surface area contributed by atoms with E-state index in [0.29, 0.717) is 38.5 Å². The van der Waals surface area contributed by atoms with E-state index in [1.54, 1.807) is 48.5 Å². The quantitative estimate of drug-likeness (QED) is 0.187. The molecule has 9 heteroatoms. The fraction of sp³-hybridized carbons (Fsp3) is 0.0476. The number of carbonyl (C=O) groups is 1. The average molecular weight is 457 g/mol. The minimum absolute atomic E-state index is 0.0406. The van der Waals surface area contributed by atoms with Gasteiger partial charge in [0, 0.05) is 11.1 Å². The van der Waals surface area contributed by atoms with Gasteiger partial charge in [0.15, 0.2) is 0 Å². The molecule has 0 unspecified atom stereocenters. The summed E-state index contributed by atoms with van der Waals surface area (Å²) in [7, 11) is 0. The first-order chi connectivity index (χ1) is 14.4. The highest BCUT2D eigenvalue weighted by atomic mass is 35.5. The van der Waals surface area contributed by atoms with Crippen molar-refractivity contribution in [2.75, 3.05) is 0 Å². The third-order valence-corrected chi connectivity index (χ3v) is 6.14. The first kappa shape index (κ1) is 20.3. The van der Waals surface area contributed by atoms with Crippen molar-refractivity contribution < 1.29 is 14.1 Å². The fourth-order valence-corrected chi connectivity index (χ4v) is 4.30. The van der Waals surface area contributed by atoms with Crippen molar-refractivity contribution in [3.8, 4) is 11.3 Å². The predicted molar refractivity (Wildman–Crippen MR) is 121 cm³/mol. The van der Waals surface area contributed by atoms with Crippen LogP contribution in [0.1, 0.15) is 11.3 Å². The minimum Gasteiger partial charge on any atom is -0.456 e. The molecule has 0 bridgehead atoms. The number of para-hydroxylation sites is 1. The Morgan fingerprint density at radius 1 is 1.13 bits per heavy atom. The molecular formula is C21H13ClN2O4S2. The Hall–Kier alpha value is -2.94. The Balaban J connectivity index is 1.56. The van der Waals surface area contributed by atoms with E-state index in [0.717, 1.165) is 17.3 Å². The van der Waals surface area contributed by atoms with Crippen LogP contribution in [0.3, 0.4) is 0 Å². The van der Waals surface area contributed by atoms with Crippen molar-refractivity contribution in [2.45, 2.75) is 6.54 Å². The zero-order valence-corrected chi connectivity index (χ0v) is 17.7. The molecule has 2 aromatic carbocycles. The van der Waals surface area contributed by atoms with E-state index in [4.69, 9.17) is 28.2 Å². The van der Waals surface area contributed by atoms with Gasteiger partial charge in [0.05, 0.1) is 21.9 Å². The van der Waals surface area contributed by atoms with Gasteiger partial charge in [-0.1, -0.05) is 48.1 Å². The van der Waals surface area contributed by atoms with Crippen LogP contribution in [0.15, 0.2) is 70.0 Å². The van der Waals surface area contributed by atoms with Crippen LogP contribution in [0.4, 0.5) is 10.5 Å². The van der Waals surface area contributed by atoms with Crippen molar-refractivity contribution >= 4 is 57.6 Å². The van der Waals surface area contributed by atoms with Crippen LogP contribution in [0.25, 0.3) is 17.4 Å². The standard InChI is InChI=1S/C21H13ClN2O4S2/c22-14-7-5-13(6-8-14)12-23-20(29)19(30-21(23)25)11-15-9-10-18(28-15)16-3-1-2-4-17(16)24(26)27/h1-11H,12H2. The van der Waals surface area contributed by atoms with Crippen LogP contribution in [0.5, 0.6) is 0 Å². The average Bonchev–Trinajstić information content (AvgIpc) is 3.30. The number of amides is 1. The molecule has 30 heavy (non-hydrogen) atoms. The third kappa shape index (κ3) is 4.16. The number of hydrogen-bond acceptors (Lipinski definition) is 6. The van der Waals surface area contributed by atoms with Crippen molar-refractivity contribution in [1.82, 2.24) is 4.90 Å². The molecule has 1 amide bonds. The number of carbonyl (C=O) groups excluding carboxylic acids is 1. The Morgan fingerprint density at radius 3 is 2.60 bits per heavy atom. The summed E-state index contributed by atoms with van der Waals surface area (Å²) >= 11 is 12.4. The van der Waals surface area contributed by atoms with Gasteiger partial charge < -0.3 is 4.42 Å². The number of thioether (sulfide) groups is 1. The number of nitro groups is 1. The van der Waals surface area contributed by atoms with Gasteiger partial charge in [0.25, 0.3) is 10.9 Å². The monoisotopic (exact) mass is 456 g/mol. The van der Waals surface area contributed by atoms with Gasteiger partial charge in [-0.15, -0.1) is 0 Å². The van der Waals surface area contributed by atoms with Gasteiger partial charge in [0.2, 0.25) is 0 Å². The third-order valence-electron chi connectivity index (χ3n) is 4.39. The number of nitrogens with zero attached hydrogens (tertiary/aromatic N) is 2. The van der Waals surface area contributed by atoms with Crippen LogP contribution in [-0.4, -0.2) is 20.1 Å². The number of halogens is 1. The van der Waals surface area contributed by atoms with Gasteiger partial charge in [-0.3, -0.25) is 19.8 Å². The first-order valence-electron chi connectivity index (χ1n) is 8.76. The van der Waals surface area contributed by atoms with Crippen molar-refractivity contribution in [3.05, 3.63) is 92.0 Å². The molecule has 0 atom stereocenters. The topological polar surface area (TPSA) is 76.6 Å². The normalized spacial score (nSPS) is 15.2.